The quantitative estimate of drug-likeness (QED) is 0.356. The highest BCUT2D eigenvalue weighted by Crippen LogP contribution is 2.52. The molecule has 1 aromatic heterocycles. The average Bonchev–Trinajstić information content (AvgIpc) is 2.87. The normalized spacial score (nSPS) is 13.3. The molecule has 1 atom stereocenters. The molecule has 1 unspecified atom stereocenters. The molecule has 2 heterocycles. The van der Waals surface area contributed by atoms with Crippen molar-refractivity contribution in [1.82, 2.24) is 10.3 Å². The van der Waals surface area contributed by atoms with E-state index >= 15 is 0 Å². The van der Waals surface area contributed by atoms with Gasteiger partial charge in [0.1, 0.15) is 17.1 Å². The Balaban J connectivity index is 2.33. The number of benzene rings is 1. The maximum absolute atomic E-state index is 12.7. The van der Waals surface area contributed by atoms with Gasteiger partial charge in [-0.2, -0.15) is 0 Å². The largest absolute Gasteiger partial charge is 0.494 e. The van der Waals surface area contributed by atoms with Crippen molar-refractivity contribution in [3.63, 3.8) is 0 Å². The third-order valence-electron chi connectivity index (χ3n) is 5.96. The van der Waals surface area contributed by atoms with E-state index in [2.05, 4.69) is 29.5 Å². The number of fused-ring (bicyclic) bond motifs is 2. The second-order valence-electron chi connectivity index (χ2n) is 7.93. The summed E-state index contributed by atoms with van der Waals surface area (Å²) in [5.74, 6) is 0.592. The number of aromatic nitrogens is 1. The summed E-state index contributed by atoms with van der Waals surface area (Å²) in [6.07, 6.45) is 8.34. The molecule has 2 aromatic rings. The van der Waals surface area contributed by atoms with Crippen molar-refractivity contribution >= 4 is 28.8 Å². The maximum atomic E-state index is 12.7. The lowest BCUT2D eigenvalue weighted by atomic mass is 9.92. The first-order valence-electron chi connectivity index (χ1n) is 11.2. The van der Waals surface area contributed by atoms with Crippen LogP contribution in [0, 0.1) is 12.8 Å². The van der Waals surface area contributed by atoms with Gasteiger partial charge in [0.2, 0.25) is 0 Å². The van der Waals surface area contributed by atoms with Gasteiger partial charge in [-0.05, 0) is 37.8 Å². The minimum Gasteiger partial charge on any atom is -0.494 e. The minimum absolute atomic E-state index is 0.181. The van der Waals surface area contributed by atoms with Crippen LogP contribution in [0.5, 0.6) is 17.2 Å². The number of methoxy groups -OCH3 is 2. The molecular weight excluding hydrogens is 434 g/mol. The number of ether oxygens (including phenoxy) is 3. The summed E-state index contributed by atoms with van der Waals surface area (Å²) in [5.41, 5.74) is 3.83. The van der Waals surface area contributed by atoms with E-state index in [0.29, 0.717) is 51.0 Å². The Hall–Kier alpha value is -3.81. The van der Waals surface area contributed by atoms with Crippen molar-refractivity contribution in [2.24, 2.45) is 5.92 Å². The average molecular weight is 466 g/mol. The lowest BCUT2D eigenvalue weighted by molar-refractivity contribution is 0.0599. The van der Waals surface area contributed by atoms with Gasteiger partial charge < -0.3 is 24.8 Å². The highest BCUT2D eigenvalue weighted by Gasteiger charge is 2.32. The molecule has 0 saturated heterocycles. The molecule has 34 heavy (non-hydrogen) atoms. The first kappa shape index (κ1) is 24.8. The first-order chi connectivity index (χ1) is 16.3. The van der Waals surface area contributed by atoms with Crippen LogP contribution in [-0.2, 0) is 4.74 Å². The Morgan fingerprint density at radius 1 is 1.24 bits per heavy atom. The van der Waals surface area contributed by atoms with Crippen LogP contribution in [0.2, 0.25) is 0 Å². The molecule has 0 aliphatic carbocycles. The Morgan fingerprint density at radius 2 is 1.97 bits per heavy atom. The molecule has 1 aromatic carbocycles. The Bertz CT molecular complexity index is 1180. The van der Waals surface area contributed by atoms with E-state index in [1.807, 2.05) is 25.2 Å². The molecule has 180 valence electrons. The summed E-state index contributed by atoms with van der Waals surface area (Å²) in [7, 11) is 4.39. The highest BCUT2D eigenvalue weighted by molar-refractivity contribution is 6.04. The van der Waals surface area contributed by atoms with Gasteiger partial charge in [-0.15, -0.1) is 0 Å². The lowest BCUT2D eigenvalue weighted by Gasteiger charge is -2.29. The predicted octanol–water partition coefficient (Wildman–Crippen LogP) is 5.40. The zero-order valence-corrected chi connectivity index (χ0v) is 20.7. The fourth-order valence-corrected chi connectivity index (χ4v) is 3.81. The van der Waals surface area contributed by atoms with Crippen molar-refractivity contribution < 1.29 is 23.8 Å². The number of hydrogen-bond donors (Lipinski definition) is 2. The monoisotopic (exact) mass is 465 g/mol. The van der Waals surface area contributed by atoms with E-state index in [1.54, 1.807) is 26.2 Å². The van der Waals surface area contributed by atoms with Crippen LogP contribution in [0.4, 0.5) is 11.4 Å². The van der Waals surface area contributed by atoms with Crippen LogP contribution in [-0.4, -0.2) is 38.1 Å². The summed E-state index contributed by atoms with van der Waals surface area (Å²) in [6, 6.07) is 1.60. The van der Waals surface area contributed by atoms with Crippen LogP contribution < -0.4 is 20.1 Å². The van der Waals surface area contributed by atoms with Crippen molar-refractivity contribution in [2.45, 2.75) is 34.1 Å². The van der Waals surface area contributed by atoms with Crippen molar-refractivity contribution in [1.29, 1.82) is 0 Å². The molecule has 1 amide bonds. The zero-order valence-electron chi connectivity index (χ0n) is 20.7. The topological polar surface area (TPSA) is 98.8 Å². The third kappa shape index (κ3) is 4.35. The van der Waals surface area contributed by atoms with E-state index in [1.165, 1.54) is 14.2 Å². The number of rotatable bonds is 7. The molecule has 0 saturated carbocycles. The molecular formula is C26H31N3O5. The zero-order chi connectivity index (χ0) is 25.0. The molecule has 0 radical (unpaired) electrons. The van der Waals surface area contributed by atoms with Crippen molar-refractivity contribution in [3.8, 4) is 17.2 Å². The summed E-state index contributed by atoms with van der Waals surface area (Å²) in [5, 5.41) is 5.98. The van der Waals surface area contributed by atoms with Crippen LogP contribution in [0.15, 0.2) is 30.5 Å². The number of anilines is 2. The number of nitrogens with one attached hydrogen (secondary N) is 2. The number of pyridine rings is 1. The van der Waals surface area contributed by atoms with Gasteiger partial charge >= 0.3 is 5.97 Å². The second kappa shape index (κ2) is 10.4. The molecule has 8 heteroatoms. The van der Waals surface area contributed by atoms with E-state index < -0.39 is 5.97 Å². The van der Waals surface area contributed by atoms with Crippen LogP contribution >= 0.6 is 0 Å². The Kier molecular flexibility index (Phi) is 7.61. The predicted molar refractivity (Wildman–Crippen MR) is 132 cm³/mol. The van der Waals surface area contributed by atoms with E-state index in [-0.39, 0.29) is 11.8 Å². The lowest BCUT2D eigenvalue weighted by Crippen LogP contribution is -2.22. The van der Waals surface area contributed by atoms with Crippen molar-refractivity contribution in [2.75, 3.05) is 26.6 Å². The number of amides is 1. The number of esters is 1. The SMILES string of the molecule is C/C=C\C=C(\c1ncc(C(=O)NC)c2c1Oc1c(C)c(C(=O)OC)cc(OC)c1N2)C(C)CC. The molecule has 1 aliphatic heterocycles. The van der Waals surface area contributed by atoms with Gasteiger partial charge in [-0.1, -0.05) is 32.1 Å². The fourth-order valence-electron chi connectivity index (χ4n) is 3.81. The summed E-state index contributed by atoms with van der Waals surface area (Å²) in [4.78, 5) is 29.7. The summed E-state index contributed by atoms with van der Waals surface area (Å²) >= 11 is 0. The maximum Gasteiger partial charge on any atom is 0.338 e. The molecule has 3 rings (SSSR count). The Morgan fingerprint density at radius 3 is 2.56 bits per heavy atom. The molecule has 2 N–H and O–H groups in total. The number of nitrogens with zero attached hydrogens (tertiary/aromatic N) is 1. The van der Waals surface area contributed by atoms with Crippen LogP contribution in [0.3, 0.4) is 0 Å². The minimum atomic E-state index is -0.501. The summed E-state index contributed by atoms with van der Waals surface area (Å²) < 4.78 is 16.9. The first-order valence-corrected chi connectivity index (χ1v) is 11.2. The number of carbonyl (C=O) groups excluding carboxylic acids is 2. The smallest absolute Gasteiger partial charge is 0.338 e. The Labute approximate surface area is 200 Å². The standard InChI is InChI=1S/C26H31N3O5/c1-8-10-11-16(14(3)9-2)20-24-21(18(13-28-20)25(30)27-5)29-22-19(32-6)12-17(26(31)33-7)15(4)23(22)34-24/h8,10-14,29H,9H2,1-7H3,(H,27,30)/b10-8-,16-11+. The van der Waals surface area contributed by atoms with Gasteiger partial charge in [0, 0.05) is 18.8 Å². The molecule has 0 fully saturated rings. The van der Waals surface area contributed by atoms with E-state index in [0.717, 1.165) is 12.0 Å². The molecule has 0 bridgehead atoms. The number of carbonyl (C=O) groups is 2. The second-order valence-corrected chi connectivity index (χ2v) is 7.93. The van der Waals surface area contributed by atoms with Crippen LogP contribution in [0.1, 0.15) is 59.2 Å². The molecule has 0 spiro atoms. The highest BCUT2D eigenvalue weighted by atomic mass is 16.5. The van der Waals surface area contributed by atoms with E-state index in [9.17, 15) is 9.59 Å². The van der Waals surface area contributed by atoms with Gasteiger partial charge in [0.15, 0.2) is 11.5 Å². The van der Waals surface area contributed by atoms with Gasteiger partial charge in [-0.25, -0.2) is 4.79 Å². The van der Waals surface area contributed by atoms with Gasteiger partial charge in [-0.3, -0.25) is 9.78 Å². The number of hydrogen-bond acceptors (Lipinski definition) is 7. The number of allylic oxidation sites excluding steroid dienone is 4. The third-order valence-corrected chi connectivity index (χ3v) is 5.96. The van der Waals surface area contributed by atoms with E-state index in [4.69, 9.17) is 14.2 Å². The van der Waals surface area contributed by atoms with Gasteiger partial charge in [0.25, 0.3) is 5.91 Å². The van der Waals surface area contributed by atoms with Gasteiger partial charge in [0.05, 0.1) is 31.0 Å². The molecule has 8 nitrogen and oxygen atoms in total. The molecule has 1 aliphatic rings. The summed E-state index contributed by atoms with van der Waals surface area (Å²) in [6.45, 7) is 7.94. The van der Waals surface area contributed by atoms with Crippen molar-refractivity contribution in [3.05, 3.63) is 52.9 Å². The van der Waals surface area contributed by atoms with Crippen LogP contribution in [0.25, 0.3) is 5.57 Å². The fraction of sp³-hybridized carbons (Fsp3) is 0.346.